The topological polar surface area (TPSA) is 86.8 Å². The summed E-state index contributed by atoms with van der Waals surface area (Å²) in [5.41, 5.74) is 0. The lowest BCUT2D eigenvalue weighted by Gasteiger charge is -2.14. The summed E-state index contributed by atoms with van der Waals surface area (Å²) in [6.45, 7) is 1.95. The molecule has 7 nitrogen and oxygen atoms in total. The van der Waals surface area contributed by atoms with Crippen LogP contribution in [0.3, 0.4) is 0 Å². The number of urea groups is 1. The number of rotatable bonds is 8. The van der Waals surface area contributed by atoms with Gasteiger partial charge in [0.15, 0.2) is 0 Å². The van der Waals surface area contributed by atoms with Crippen LogP contribution in [0.5, 0.6) is 0 Å². The molecule has 1 saturated heterocycles. The van der Waals surface area contributed by atoms with Gasteiger partial charge in [0.25, 0.3) is 0 Å². The zero-order chi connectivity index (χ0) is 17.5. The number of imide groups is 2. The number of amides is 5. The quantitative estimate of drug-likeness (QED) is 0.329. The van der Waals surface area contributed by atoms with Gasteiger partial charge in [-0.1, -0.05) is 25.1 Å². The highest BCUT2D eigenvalue weighted by molar-refractivity contribution is 7.99. The van der Waals surface area contributed by atoms with Crippen LogP contribution < -0.4 is 5.32 Å². The standard InChI is InChI=1S/C16H19N3O4S/c1-2-9-18-14(21)15(22)19(16(18)23)11-13(20)17-8-10-24-12-6-4-3-5-7-12/h3-7H,2,8-11H2,1H3,(H,17,20). The van der Waals surface area contributed by atoms with E-state index in [4.69, 9.17) is 0 Å². The Bertz CT molecular complexity index is 635. The molecule has 5 amide bonds. The molecule has 1 aromatic rings. The second-order valence-electron chi connectivity index (χ2n) is 5.14. The Kier molecular flexibility index (Phi) is 6.36. The van der Waals surface area contributed by atoms with Gasteiger partial charge in [-0.25, -0.2) is 9.69 Å². The van der Waals surface area contributed by atoms with E-state index in [1.54, 1.807) is 18.7 Å². The first-order chi connectivity index (χ1) is 11.5. The normalized spacial score (nSPS) is 14.5. The van der Waals surface area contributed by atoms with Gasteiger partial charge in [0, 0.05) is 23.7 Å². The van der Waals surface area contributed by atoms with E-state index in [9.17, 15) is 19.2 Å². The summed E-state index contributed by atoms with van der Waals surface area (Å²) >= 11 is 1.59. The highest BCUT2D eigenvalue weighted by Gasteiger charge is 2.44. The van der Waals surface area contributed by atoms with E-state index in [0.29, 0.717) is 23.6 Å². The molecule has 1 heterocycles. The van der Waals surface area contributed by atoms with Crippen LogP contribution in [0, 0.1) is 0 Å². The van der Waals surface area contributed by atoms with Gasteiger partial charge < -0.3 is 5.32 Å². The first kappa shape index (κ1) is 18.0. The molecule has 8 heteroatoms. The Hall–Kier alpha value is -2.35. The SMILES string of the molecule is CCCN1C(=O)C(=O)N(CC(=O)NCCSc2ccccc2)C1=O. The average Bonchev–Trinajstić information content (AvgIpc) is 2.78. The summed E-state index contributed by atoms with van der Waals surface area (Å²) in [5, 5.41) is 2.65. The van der Waals surface area contributed by atoms with Crippen LogP contribution in [0.25, 0.3) is 0 Å². The number of benzene rings is 1. The molecule has 2 rings (SSSR count). The summed E-state index contributed by atoms with van der Waals surface area (Å²) in [7, 11) is 0. The van der Waals surface area contributed by atoms with Crippen molar-refractivity contribution in [2.75, 3.05) is 25.4 Å². The average molecular weight is 349 g/mol. The summed E-state index contributed by atoms with van der Waals surface area (Å²) in [6.07, 6.45) is 0.557. The van der Waals surface area contributed by atoms with Gasteiger partial charge in [-0.05, 0) is 18.6 Å². The van der Waals surface area contributed by atoms with E-state index in [2.05, 4.69) is 5.32 Å². The zero-order valence-electron chi connectivity index (χ0n) is 13.4. The summed E-state index contributed by atoms with van der Waals surface area (Å²) < 4.78 is 0. The summed E-state index contributed by atoms with van der Waals surface area (Å²) in [4.78, 5) is 50.0. The third-order valence-corrected chi connectivity index (χ3v) is 4.33. The molecule has 0 atom stereocenters. The molecule has 0 unspecified atom stereocenters. The molecular weight excluding hydrogens is 330 g/mol. The molecule has 1 aliphatic rings. The van der Waals surface area contributed by atoms with Crippen molar-refractivity contribution >= 4 is 35.5 Å². The molecule has 0 aromatic heterocycles. The minimum atomic E-state index is -0.942. The van der Waals surface area contributed by atoms with E-state index < -0.39 is 30.3 Å². The van der Waals surface area contributed by atoms with Crippen LogP contribution in [0.2, 0.25) is 0 Å². The number of carbonyl (C=O) groups excluding carboxylic acids is 4. The molecule has 0 spiro atoms. The van der Waals surface area contributed by atoms with Crippen molar-refractivity contribution in [3.05, 3.63) is 30.3 Å². The molecular formula is C16H19N3O4S. The molecule has 1 aromatic carbocycles. The van der Waals surface area contributed by atoms with Gasteiger partial charge in [-0.2, -0.15) is 0 Å². The van der Waals surface area contributed by atoms with Crippen molar-refractivity contribution in [1.29, 1.82) is 0 Å². The second-order valence-corrected chi connectivity index (χ2v) is 6.31. The maximum Gasteiger partial charge on any atom is 0.334 e. The predicted molar refractivity (Wildman–Crippen MR) is 89.3 cm³/mol. The highest BCUT2D eigenvalue weighted by atomic mass is 32.2. The summed E-state index contributed by atoms with van der Waals surface area (Å²) in [5.74, 6) is -1.61. The second kappa shape index (κ2) is 8.49. The fourth-order valence-corrected chi connectivity index (χ4v) is 2.98. The molecule has 128 valence electrons. The van der Waals surface area contributed by atoms with E-state index in [-0.39, 0.29) is 6.54 Å². The molecule has 0 radical (unpaired) electrons. The van der Waals surface area contributed by atoms with Gasteiger partial charge in [-0.3, -0.25) is 19.3 Å². The van der Waals surface area contributed by atoms with Crippen molar-refractivity contribution in [3.63, 3.8) is 0 Å². The predicted octanol–water partition coefficient (Wildman–Crippen LogP) is 1.10. The van der Waals surface area contributed by atoms with Gasteiger partial charge in [0.1, 0.15) is 6.54 Å². The Morgan fingerprint density at radius 1 is 1.08 bits per heavy atom. The number of nitrogens with zero attached hydrogens (tertiary/aromatic N) is 2. The third-order valence-electron chi connectivity index (χ3n) is 3.32. The molecule has 1 fully saturated rings. The van der Waals surface area contributed by atoms with Crippen LogP contribution in [-0.4, -0.2) is 58.9 Å². The largest absolute Gasteiger partial charge is 0.354 e. The molecule has 1 aliphatic heterocycles. The molecule has 1 N–H and O–H groups in total. The monoisotopic (exact) mass is 349 g/mol. The Labute approximate surface area is 144 Å². The van der Waals surface area contributed by atoms with Gasteiger partial charge in [0.05, 0.1) is 0 Å². The van der Waals surface area contributed by atoms with Crippen LogP contribution in [0.4, 0.5) is 4.79 Å². The van der Waals surface area contributed by atoms with Crippen LogP contribution in [0.1, 0.15) is 13.3 Å². The van der Waals surface area contributed by atoms with Crippen LogP contribution in [0.15, 0.2) is 35.2 Å². The lowest BCUT2D eigenvalue weighted by molar-refractivity contribution is -0.144. The van der Waals surface area contributed by atoms with Gasteiger partial charge in [0.2, 0.25) is 5.91 Å². The smallest absolute Gasteiger partial charge is 0.334 e. The zero-order valence-corrected chi connectivity index (χ0v) is 14.2. The van der Waals surface area contributed by atoms with Crippen molar-refractivity contribution in [3.8, 4) is 0 Å². The van der Waals surface area contributed by atoms with Crippen molar-refractivity contribution in [2.24, 2.45) is 0 Å². The van der Waals surface area contributed by atoms with Gasteiger partial charge in [-0.15, -0.1) is 11.8 Å². The van der Waals surface area contributed by atoms with Crippen LogP contribution in [-0.2, 0) is 14.4 Å². The fraction of sp³-hybridized carbons (Fsp3) is 0.375. The third kappa shape index (κ3) is 4.35. The molecule has 0 aliphatic carbocycles. The fourth-order valence-electron chi connectivity index (χ4n) is 2.19. The number of hydrogen-bond acceptors (Lipinski definition) is 5. The number of thioether (sulfide) groups is 1. The van der Waals surface area contributed by atoms with E-state index in [0.717, 1.165) is 9.80 Å². The molecule has 0 saturated carbocycles. The van der Waals surface area contributed by atoms with Gasteiger partial charge >= 0.3 is 17.8 Å². The molecule has 24 heavy (non-hydrogen) atoms. The van der Waals surface area contributed by atoms with Crippen LogP contribution >= 0.6 is 11.8 Å². The first-order valence-electron chi connectivity index (χ1n) is 7.66. The number of hydrogen-bond donors (Lipinski definition) is 1. The maximum absolute atomic E-state index is 12.0. The number of nitrogens with one attached hydrogen (secondary N) is 1. The van der Waals surface area contributed by atoms with Crippen molar-refractivity contribution in [2.45, 2.75) is 18.2 Å². The van der Waals surface area contributed by atoms with Crippen molar-refractivity contribution in [1.82, 2.24) is 15.1 Å². The Morgan fingerprint density at radius 2 is 1.75 bits per heavy atom. The Morgan fingerprint density at radius 3 is 2.42 bits per heavy atom. The molecule has 0 bridgehead atoms. The minimum Gasteiger partial charge on any atom is -0.354 e. The first-order valence-corrected chi connectivity index (χ1v) is 8.65. The lowest BCUT2D eigenvalue weighted by atomic mass is 10.4. The summed E-state index contributed by atoms with van der Waals surface area (Å²) in [6, 6.07) is 9.03. The maximum atomic E-state index is 12.0. The van der Waals surface area contributed by atoms with E-state index in [1.165, 1.54) is 0 Å². The highest BCUT2D eigenvalue weighted by Crippen LogP contribution is 2.16. The minimum absolute atomic E-state index is 0.176. The van der Waals surface area contributed by atoms with Crippen molar-refractivity contribution < 1.29 is 19.2 Å². The Balaban J connectivity index is 1.77. The van der Waals surface area contributed by atoms with E-state index in [1.807, 2.05) is 30.3 Å². The number of carbonyl (C=O) groups is 4. The van der Waals surface area contributed by atoms with E-state index >= 15 is 0 Å². The lowest BCUT2D eigenvalue weighted by Crippen LogP contribution is -2.42.